The molecule has 0 aliphatic rings. The molecule has 0 saturated carbocycles. The quantitative estimate of drug-likeness (QED) is 0.652. The molecule has 0 amide bonds. The fourth-order valence-electron chi connectivity index (χ4n) is 2.02. The van der Waals surface area contributed by atoms with Gasteiger partial charge in [-0.1, -0.05) is 12.1 Å². The van der Waals surface area contributed by atoms with Crippen molar-refractivity contribution in [3.8, 4) is 11.8 Å². The summed E-state index contributed by atoms with van der Waals surface area (Å²) >= 11 is 5.27. The van der Waals surface area contributed by atoms with E-state index in [1.807, 2.05) is 12.1 Å². The molecule has 2 aromatic rings. The summed E-state index contributed by atoms with van der Waals surface area (Å²) in [6, 6.07) is 14.5. The van der Waals surface area contributed by atoms with E-state index in [-0.39, 0.29) is 0 Å². The van der Waals surface area contributed by atoms with Gasteiger partial charge in [-0.2, -0.15) is 5.26 Å². The predicted octanol–water partition coefficient (Wildman–Crippen LogP) is 4.53. The largest absolute Gasteiger partial charge is 0.494 e. The Morgan fingerprint density at radius 2 is 2.18 bits per heavy atom. The number of hydrogen-bond acceptors (Lipinski definition) is 4. The van der Waals surface area contributed by atoms with E-state index in [1.165, 1.54) is 14.2 Å². The first kappa shape index (κ1) is 17.0. The molecule has 2 rings (SSSR count). The molecule has 0 aliphatic heterocycles. The van der Waals surface area contributed by atoms with Crippen molar-refractivity contribution in [1.29, 1.82) is 5.26 Å². The molecular weight excluding hydrogens is 360 g/mol. The van der Waals surface area contributed by atoms with Gasteiger partial charge in [0.15, 0.2) is 0 Å². The lowest BCUT2D eigenvalue weighted by atomic mass is 10.2. The summed E-state index contributed by atoms with van der Waals surface area (Å²) in [5.41, 5.74) is 1.21. The highest BCUT2D eigenvalue weighted by atomic mass is 79.9. The molecule has 0 radical (unpaired) electrons. The van der Waals surface area contributed by atoms with Crippen LogP contribution in [0.25, 0.3) is 0 Å². The number of thiophene rings is 1. The van der Waals surface area contributed by atoms with Gasteiger partial charge in [0.05, 0.1) is 16.5 Å². The first-order valence-electron chi connectivity index (χ1n) is 7.31. The van der Waals surface area contributed by atoms with Crippen molar-refractivity contribution >= 4 is 27.3 Å². The molecule has 0 fully saturated rings. The molecule has 1 aromatic carbocycles. The minimum atomic E-state index is 0.542. The summed E-state index contributed by atoms with van der Waals surface area (Å²) in [4.78, 5) is 1.38. The topological polar surface area (TPSA) is 45.0 Å². The monoisotopic (exact) mass is 378 g/mol. The van der Waals surface area contributed by atoms with E-state index in [1.54, 1.807) is 11.3 Å². The maximum Gasteiger partial charge on any atom is 0.119 e. The highest BCUT2D eigenvalue weighted by Gasteiger charge is 1.99. The Labute approximate surface area is 144 Å². The summed E-state index contributed by atoms with van der Waals surface area (Å²) in [5.74, 6) is 0.874. The van der Waals surface area contributed by atoms with E-state index >= 15 is 0 Å². The Morgan fingerprint density at radius 1 is 1.27 bits per heavy atom. The second-order valence-electron chi connectivity index (χ2n) is 4.89. The summed E-state index contributed by atoms with van der Waals surface area (Å²) in [7, 11) is 0. The van der Waals surface area contributed by atoms with Gasteiger partial charge in [0.2, 0.25) is 0 Å². The van der Waals surface area contributed by atoms with Crippen molar-refractivity contribution in [2.45, 2.75) is 25.8 Å². The third-order valence-corrected chi connectivity index (χ3v) is 4.79. The molecule has 3 nitrogen and oxygen atoms in total. The van der Waals surface area contributed by atoms with Gasteiger partial charge in [0, 0.05) is 24.4 Å². The molecule has 0 aliphatic carbocycles. The van der Waals surface area contributed by atoms with Crippen LogP contribution in [-0.2, 0) is 13.0 Å². The van der Waals surface area contributed by atoms with Gasteiger partial charge in [-0.15, -0.1) is 11.3 Å². The van der Waals surface area contributed by atoms with Crippen LogP contribution in [0.1, 0.15) is 23.3 Å². The lowest BCUT2D eigenvalue weighted by Crippen LogP contribution is -2.16. The fraction of sp³-hybridized carbons (Fsp3) is 0.353. The van der Waals surface area contributed by atoms with E-state index in [9.17, 15) is 0 Å². The lowest BCUT2D eigenvalue weighted by molar-refractivity contribution is 0.312. The normalized spacial score (nSPS) is 10.4. The molecule has 0 bridgehead atoms. The van der Waals surface area contributed by atoms with Crippen LogP contribution in [-0.4, -0.2) is 13.2 Å². The minimum Gasteiger partial charge on any atom is -0.494 e. The van der Waals surface area contributed by atoms with E-state index in [2.05, 4.69) is 51.6 Å². The van der Waals surface area contributed by atoms with E-state index in [4.69, 9.17) is 10.00 Å². The number of unbranched alkanes of at least 4 members (excludes halogenated alkanes) is 1. The number of nitrogens with one attached hydrogen (secondary N) is 1. The Hall–Kier alpha value is -1.35. The number of ether oxygens (including phenoxy) is 1. The van der Waals surface area contributed by atoms with Gasteiger partial charge in [0.1, 0.15) is 5.75 Å². The second kappa shape index (κ2) is 9.62. The summed E-state index contributed by atoms with van der Waals surface area (Å²) in [5, 5.41) is 12.0. The molecule has 22 heavy (non-hydrogen) atoms. The number of nitrogens with zero attached hydrogens (tertiary/aromatic N) is 1. The number of rotatable bonds is 9. The van der Waals surface area contributed by atoms with Crippen LogP contribution < -0.4 is 10.1 Å². The molecular formula is C17H19BrN2OS. The predicted molar refractivity (Wildman–Crippen MR) is 94.2 cm³/mol. The van der Waals surface area contributed by atoms with Crippen molar-refractivity contribution in [1.82, 2.24) is 5.32 Å². The van der Waals surface area contributed by atoms with Gasteiger partial charge < -0.3 is 10.1 Å². The van der Waals surface area contributed by atoms with Gasteiger partial charge in [-0.3, -0.25) is 0 Å². The average molecular weight is 379 g/mol. The lowest BCUT2D eigenvalue weighted by Gasteiger charge is -2.08. The van der Waals surface area contributed by atoms with Gasteiger partial charge in [0.25, 0.3) is 0 Å². The molecule has 1 aromatic heterocycles. The Kier molecular flexibility index (Phi) is 7.44. The fourth-order valence-corrected chi connectivity index (χ4v) is 3.50. The van der Waals surface area contributed by atoms with Crippen LogP contribution in [0.3, 0.4) is 0 Å². The molecule has 5 heteroatoms. The molecule has 1 N–H and O–H groups in total. The SMILES string of the molecule is N#CCCCOc1cccc(CNCCc2ccc(Br)s2)c1. The smallest absolute Gasteiger partial charge is 0.119 e. The number of benzene rings is 1. The Bertz CT molecular complexity index is 621. The first-order chi connectivity index (χ1) is 10.8. The molecule has 0 saturated heterocycles. The third-order valence-electron chi connectivity index (χ3n) is 3.11. The summed E-state index contributed by atoms with van der Waals surface area (Å²) < 4.78 is 6.83. The highest BCUT2D eigenvalue weighted by Crippen LogP contribution is 2.22. The maximum absolute atomic E-state index is 8.50. The maximum atomic E-state index is 8.50. The van der Waals surface area contributed by atoms with Crippen LogP contribution in [0.5, 0.6) is 5.75 Å². The van der Waals surface area contributed by atoms with Crippen LogP contribution in [0.4, 0.5) is 0 Å². The van der Waals surface area contributed by atoms with Crippen molar-refractivity contribution in [3.63, 3.8) is 0 Å². The van der Waals surface area contributed by atoms with Crippen LogP contribution >= 0.6 is 27.3 Å². The van der Waals surface area contributed by atoms with Crippen LogP contribution in [0, 0.1) is 11.3 Å². The highest BCUT2D eigenvalue weighted by molar-refractivity contribution is 9.11. The zero-order valence-electron chi connectivity index (χ0n) is 12.3. The Balaban J connectivity index is 1.70. The van der Waals surface area contributed by atoms with Gasteiger partial charge >= 0.3 is 0 Å². The van der Waals surface area contributed by atoms with E-state index in [0.717, 1.165) is 31.7 Å². The molecule has 0 atom stereocenters. The molecule has 0 spiro atoms. The van der Waals surface area contributed by atoms with Gasteiger partial charge in [-0.25, -0.2) is 0 Å². The standard InChI is InChI=1S/C17H19BrN2OS/c18-17-7-6-16(22-17)8-10-20-13-14-4-3-5-15(12-14)21-11-2-1-9-19/h3-7,12,20H,1-2,8,10-11,13H2. The number of nitriles is 1. The van der Waals surface area contributed by atoms with Crippen molar-refractivity contribution in [2.24, 2.45) is 0 Å². The third kappa shape index (κ3) is 6.18. The van der Waals surface area contributed by atoms with Crippen LogP contribution in [0.15, 0.2) is 40.2 Å². The van der Waals surface area contributed by atoms with Crippen LogP contribution in [0.2, 0.25) is 0 Å². The minimum absolute atomic E-state index is 0.542. The second-order valence-corrected chi connectivity index (χ2v) is 7.44. The van der Waals surface area contributed by atoms with E-state index in [0.29, 0.717) is 13.0 Å². The first-order valence-corrected chi connectivity index (χ1v) is 8.92. The zero-order chi connectivity index (χ0) is 15.6. The van der Waals surface area contributed by atoms with Crippen molar-refractivity contribution < 1.29 is 4.74 Å². The molecule has 1 heterocycles. The molecule has 0 unspecified atom stereocenters. The van der Waals surface area contributed by atoms with Crippen molar-refractivity contribution in [2.75, 3.05) is 13.2 Å². The number of halogens is 1. The van der Waals surface area contributed by atoms with Gasteiger partial charge in [-0.05, 0) is 58.6 Å². The average Bonchev–Trinajstić information content (AvgIpc) is 2.94. The summed E-state index contributed by atoms with van der Waals surface area (Å²) in [6.45, 7) is 2.39. The Morgan fingerprint density at radius 3 is 2.95 bits per heavy atom. The summed E-state index contributed by atoms with van der Waals surface area (Å²) in [6.07, 6.45) is 2.36. The van der Waals surface area contributed by atoms with Crippen molar-refractivity contribution in [3.05, 3.63) is 50.6 Å². The molecule has 116 valence electrons. The zero-order valence-corrected chi connectivity index (χ0v) is 14.8. The number of hydrogen-bond donors (Lipinski definition) is 1. The van der Waals surface area contributed by atoms with E-state index < -0.39 is 0 Å².